The van der Waals surface area contributed by atoms with Crippen molar-refractivity contribution in [1.29, 1.82) is 0 Å². The number of fused-ring (bicyclic) bond motifs is 1. The summed E-state index contributed by atoms with van der Waals surface area (Å²) in [4.78, 5) is 16.6. The van der Waals surface area contributed by atoms with Crippen LogP contribution in [0.25, 0.3) is 10.4 Å². The summed E-state index contributed by atoms with van der Waals surface area (Å²) in [5.41, 5.74) is 1.17. The normalized spacial score (nSPS) is 24.4. The van der Waals surface area contributed by atoms with Gasteiger partial charge in [-0.3, -0.25) is 9.69 Å². The summed E-state index contributed by atoms with van der Waals surface area (Å²) in [5, 5.41) is 3.16. The molecule has 2 aliphatic heterocycles. The Labute approximate surface area is 122 Å². The summed E-state index contributed by atoms with van der Waals surface area (Å²) in [7, 11) is 0. The molecule has 102 valence electrons. The van der Waals surface area contributed by atoms with Crippen LogP contribution in [0.2, 0.25) is 0 Å². The molecular formula is C16H16N2OS. The predicted molar refractivity (Wildman–Crippen MR) is 81.0 cm³/mol. The zero-order valence-corrected chi connectivity index (χ0v) is 11.9. The smallest absolute Gasteiger partial charge is 0.261 e. The van der Waals surface area contributed by atoms with Crippen molar-refractivity contribution in [2.45, 2.75) is 18.5 Å². The van der Waals surface area contributed by atoms with Gasteiger partial charge in [-0.2, -0.15) is 0 Å². The second-order valence-corrected chi connectivity index (χ2v) is 6.54. The Hall–Kier alpha value is -1.65. The van der Waals surface area contributed by atoms with Gasteiger partial charge in [0.05, 0.1) is 10.9 Å². The molecule has 1 aromatic carbocycles. The van der Waals surface area contributed by atoms with E-state index < -0.39 is 0 Å². The van der Waals surface area contributed by atoms with Crippen LogP contribution in [0, 0.1) is 0 Å². The van der Waals surface area contributed by atoms with E-state index in [1.807, 2.05) is 30.3 Å². The molecule has 2 saturated heterocycles. The average molecular weight is 284 g/mol. The largest absolute Gasteiger partial charge is 0.346 e. The summed E-state index contributed by atoms with van der Waals surface area (Å²) in [6.07, 6.45) is 1.23. The number of hydrogen-bond acceptors (Lipinski definition) is 3. The average Bonchev–Trinajstić information content (AvgIpc) is 2.94. The number of benzene rings is 1. The van der Waals surface area contributed by atoms with E-state index in [-0.39, 0.29) is 5.91 Å². The van der Waals surface area contributed by atoms with Crippen LogP contribution in [-0.4, -0.2) is 36.0 Å². The minimum atomic E-state index is 0.0775. The van der Waals surface area contributed by atoms with Gasteiger partial charge in [-0.1, -0.05) is 30.3 Å². The van der Waals surface area contributed by atoms with Crippen molar-refractivity contribution in [3.8, 4) is 10.4 Å². The molecule has 1 amide bonds. The quantitative estimate of drug-likeness (QED) is 0.939. The molecule has 2 aliphatic rings. The molecule has 2 unspecified atom stereocenters. The lowest BCUT2D eigenvalue weighted by molar-refractivity contribution is -0.0370. The van der Waals surface area contributed by atoms with E-state index in [2.05, 4.69) is 22.3 Å². The van der Waals surface area contributed by atoms with Crippen LogP contribution < -0.4 is 5.32 Å². The molecule has 0 aliphatic carbocycles. The highest BCUT2D eigenvalue weighted by molar-refractivity contribution is 7.17. The maximum Gasteiger partial charge on any atom is 0.261 e. The van der Waals surface area contributed by atoms with Gasteiger partial charge >= 0.3 is 0 Å². The molecular weight excluding hydrogens is 268 g/mol. The third kappa shape index (κ3) is 1.96. The van der Waals surface area contributed by atoms with Crippen LogP contribution >= 0.6 is 11.3 Å². The molecule has 1 N–H and O–H groups in total. The maximum absolute atomic E-state index is 12.2. The first-order valence-electron chi connectivity index (χ1n) is 7.01. The zero-order chi connectivity index (χ0) is 13.5. The van der Waals surface area contributed by atoms with Crippen LogP contribution in [0.15, 0.2) is 42.5 Å². The Kier molecular flexibility index (Phi) is 2.86. The van der Waals surface area contributed by atoms with Gasteiger partial charge in [0.2, 0.25) is 0 Å². The molecule has 2 fully saturated rings. The molecule has 2 atom stereocenters. The third-order valence-electron chi connectivity index (χ3n) is 4.28. The van der Waals surface area contributed by atoms with E-state index in [9.17, 15) is 4.79 Å². The predicted octanol–water partition coefficient (Wildman–Crippen LogP) is 2.60. The third-order valence-corrected chi connectivity index (χ3v) is 5.41. The molecule has 0 bridgehead atoms. The number of hydrogen-bond donors (Lipinski definition) is 1. The first-order chi connectivity index (χ1) is 9.81. The number of nitrogens with one attached hydrogen (secondary N) is 1. The Morgan fingerprint density at radius 3 is 2.70 bits per heavy atom. The number of carbonyl (C=O) groups is 1. The minimum absolute atomic E-state index is 0.0775. The van der Waals surface area contributed by atoms with Crippen LogP contribution in [0.5, 0.6) is 0 Å². The first kappa shape index (κ1) is 12.1. The van der Waals surface area contributed by atoms with Gasteiger partial charge in [0.1, 0.15) is 0 Å². The SMILES string of the molecule is O=C(NC1CN2CCC12)c1ccc(-c2ccccc2)s1. The Morgan fingerprint density at radius 1 is 1.20 bits per heavy atom. The summed E-state index contributed by atoms with van der Waals surface area (Å²) in [6.45, 7) is 2.22. The van der Waals surface area contributed by atoms with Crippen molar-refractivity contribution in [2.24, 2.45) is 0 Å². The van der Waals surface area contributed by atoms with E-state index in [1.54, 1.807) is 11.3 Å². The maximum atomic E-state index is 12.2. The summed E-state index contributed by atoms with van der Waals surface area (Å²) in [6, 6.07) is 15.1. The van der Waals surface area contributed by atoms with E-state index in [0.29, 0.717) is 12.1 Å². The number of thiophene rings is 1. The highest BCUT2D eigenvalue weighted by Crippen LogP contribution is 2.31. The van der Waals surface area contributed by atoms with Gasteiger partial charge in [0.15, 0.2) is 0 Å². The van der Waals surface area contributed by atoms with Crippen molar-refractivity contribution in [2.75, 3.05) is 13.1 Å². The van der Waals surface area contributed by atoms with Crippen LogP contribution in [0.4, 0.5) is 0 Å². The molecule has 4 rings (SSSR count). The van der Waals surface area contributed by atoms with Gasteiger partial charge in [-0.05, 0) is 24.1 Å². The summed E-state index contributed by atoms with van der Waals surface area (Å²) < 4.78 is 0. The molecule has 2 aromatic rings. The van der Waals surface area contributed by atoms with E-state index in [4.69, 9.17) is 0 Å². The lowest BCUT2D eigenvalue weighted by atomic mass is 9.85. The van der Waals surface area contributed by atoms with Crippen molar-refractivity contribution in [3.05, 3.63) is 47.3 Å². The van der Waals surface area contributed by atoms with Crippen molar-refractivity contribution < 1.29 is 4.79 Å². The first-order valence-corrected chi connectivity index (χ1v) is 7.83. The zero-order valence-electron chi connectivity index (χ0n) is 11.1. The van der Waals surface area contributed by atoms with Crippen LogP contribution in [-0.2, 0) is 0 Å². The lowest BCUT2D eigenvalue weighted by Gasteiger charge is -2.56. The Balaban J connectivity index is 1.46. The highest BCUT2D eigenvalue weighted by atomic mass is 32.1. The fourth-order valence-electron chi connectivity index (χ4n) is 2.98. The molecule has 0 saturated carbocycles. The fraction of sp³-hybridized carbons (Fsp3) is 0.312. The molecule has 0 spiro atoms. The van der Waals surface area contributed by atoms with E-state index in [1.165, 1.54) is 18.5 Å². The molecule has 1 aromatic heterocycles. The molecule has 4 heteroatoms. The second-order valence-electron chi connectivity index (χ2n) is 5.46. The topological polar surface area (TPSA) is 32.3 Å². The minimum Gasteiger partial charge on any atom is -0.346 e. The summed E-state index contributed by atoms with van der Waals surface area (Å²) >= 11 is 1.57. The number of nitrogens with zero attached hydrogens (tertiary/aromatic N) is 1. The van der Waals surface area contributed by atoms with Gasteiger partial charge in [-0.25, -0.2) is 0 Å². The molecule has 20 heavy (non-hydrogen) atoms. The Morgan fingerprint density at radius 2 is 2.05 bits per heavy atom. The van der Waals surface area contributed by atoms with Gasteiger partial charge < -0.3 is 5.32 Å². The summed E-state index contributed by atoms with van der Waals surface area (Å²) in [5.74, 6) is 0.0775. The second kappa shape index (κ2) is 4.72. The van der Waals surface area contributed by atoms with Gasteiger partial charge in [-0.15, -0.1) is 11.3 Å². The fourth-order valence-corrected chi connectivity index (χ4v) is 3.89. The Bertz CT molecular complexity index is 637. The van der Waals surface area contributed by atoms with E-state index in [0.717, 1.165) is 16.3 Å². The van der Waals surface area contributed by atoms with Crippen LogP contribution in [0.3, 0.4) is 0 Å². The van der Waals surface area contributed by atoms with Crippen molar-refractivity contribution in [1.82, 2.24) is 10.2 Å². The molecule has 0 radical (unpaired) electrons. The monoisotopic (exact) mass is 284 g/mol. The van der Waals surface area contributed by atoms with Crippen molar-refractivity contribution in [3.63, 3.8) is 0 Å². The van der Waals surface area contributed by atoms with Crippen molar-refractivity contribution >= 4 is 17.2 Å². The van der Waals surface area contributed by atoms with Crippen LogP contribution in [0.1, 0.15) is 16.1 Å². The molecule has 3 heterocycles. The number of carbonyl (C=O) groups excluding carboxylic acids is 1. The number of piperidine rings is 1. The standard InChI is InChI=1S/C16H16N2OS/c19-16(17-12-10-18-9-8-13(12)18)15-7-6-14(20-15)11-4-2-1-3-5-11/h1-7,12-13H,8-10H2,(H,17,19). The number of rotatable bonds is 3. The molecule has 3 nitrogen and oxygen atoms in total. The van der Waals surface area contributed by atoms with E-state index >= 15 is 0 Å². The number of amides is 1. The van der Waals surface area contributed by atoms with Gasteiger partial charge in [0, 0.05) is 24.0 Å². The van der Waals surface area contributed by atoms with Gasteiger partial charge in [0.25, 0.3) is 5.91 Å². The lowest BCUT2D eigenvalue weighted by Crippen LogP contribution is -2.72. The highest BCUT2D eigenvalue weighted by Gasteiger charge is 2.45.